The van der Waals surface area contributed by atoms with Crippen molar-refractivity contribution in [1.29, 1.82) is 0 Å². The first kappa shape index (κ1) is 16.2. The van der Waals surface area contributed by atoms with Crippen LogP contribution in [0.5, 0.6) is 0 Å². The van der Waals surface area contributed by atoms with Gasteiger partial charge in [-0.15, -0.1) is 5.10 Å². The standard InChI is InChI=1S/C17H25N3O4/c1-17(2)23-14-13(22-16(21-3)15(14)24-17)10-20-9-12(18-19-20)11-7-5-4-6-8-11/h7,9,13-16H,4-6,8,10H2,1-3H3/t13-,14-,15-,16-/m1/s1. The van der Waals surface area contributed by atoms with Gasteiger partial charge in [0.05, 0.1) is 12.7 Å². The van der Waals surface area contributed by atoms with Crippen molar-refractivity contribution < 1.29 is 18.9 Å². The molecule has 0 spiro atoms. The van der Waals surface area contributed by atoms with Crippen molar-refractivity contribution in [3.63, 3.8) is 0 Å². The highest BCUT2D eigenvalue weighted by molar-refractivity contribution is 5.62. The van der Waals surface area contributed by atoms with E-state index in [0.29, 0.717) is 6.54 Å². The Morgan fingerprint density at radius 1 is 1.29 bits per heavy atom. The summed E-state index contributed by atoms with van der Waals surface area (Å²) in [6, 6.07) is 0. The van der Waals surface area contributed by atoms with Gasteiger partial charge in [-0.05, 0) is 45.1 Å². The first-order valence-corrected chi connectivity index (χ1v) is 8.69. The molecule has 0 radical (unpaired) electrons. The third-order valence-electron chi connectivity index (χ3n) is 4.87. The second-order valence-corrected chi connectivity index (χ2v) is 7.14. The predicted molar refractivity (Wildman–Crippen MR) is 86.0 cm³/mol. The Kier molecular flexibility index (Phi) is 4.20. The average molecular weight is 335 g/mol. The number of nitrogens with zero attached hydrogens (tertiary/aromatic N) is 3. The largest absolute Gasteiger partial charge is 0.353 e. The SMILES string of the molecule is CO[C@@H]1O[C@H](Cn2cc(C3=CCCCC3)nn2)[C@H]2OC(C)(C)O[C@@H]12. The lowest BCUT2D eigenvalue weighted by Gasteiger charge is -2.23. The monoisotopic (exact) mass is 335 g/mol. The van der Waals surface area contributed by atoms with Crippen LogP contribution in [0, 0.1) is 0 Å². The lowest BCUT2D eigenvalue weighted by Crippen LogP contribution is -2.33. The third kappa shape index (κ3) is 3.01. The molecule has 0 N–H and O–H groups in total. The highest BCUT2D eigenvalue weighted by atomic mass is 16.8. The van der Waals surface area contributed by atoms with Crippen molar-refractivity contribution in [3.8, 4) is 0 Å². The molecular weight excluding hydrogens is 310 g/mol. The summed E-state index contributed by atoms with van der Waals surface area (Å²) >= 11 is 0. The van der Waals surface area contributed by atoms with Crippen molar-refractivity contribution in [3.05, 3.63) is 18.0 Å². The minimum absolute atomic E-state index is 0.161. The molecule has 1 aromatic heterocycles. The second kappa shape index (κ2) is 6.22. The summed E-state index contributed by atoms with van der Waals surface area (Å²) < 4.78 is 25.1. The molecule has 0 unspecified atom stereocenters. The van der Waals surface area contributed by atoms with Gasteiger partial charge in [0.1, 0.15) is 24.0 Å². The Bertz CT molecular complexity index is 627. The summed E-state index contributed by atoms with van der Waals surface area (Å²) in [5.74, 6) is -0.616. The van der Waals surface area contributed by atoms with Gasteiger partial charge in [-0.3, -0.25) is 0 Å². The van der Waals surface area contributed by atoms with E-state index in [9.17, 15) is 0 Å². The molecule has 2 aliphatic heterocycles. The average Bonchev–Trinajstić information content (AvgIpc) is 3.23. The quantitative estimate of drug-likeness (QED) is 0.840. The fourth-order valence-electron chi connectivity index (χ4n) is 3.77. The van der Waals surface area contributed by atoms with Gasteiger partial charge in [0, 0.05) is 7.11 Å². The molecule has 0 bridgehead atoms. The van der Waals surface area contributed by atoms with E-state index in [1.54, 1.807) is 7.11 Å². The van der Waals surface area contributed by atoms with E-state index in [1.165, 1.54) is 18.4 Å². The molecule has 4 atom stereocenters. The zero-order valence-electron chi connectivity index (χ0n) is 14.5. The zero-order valence-corrected chi connectivity index (χ0v) is 14.5. The normalized spacial score (nSPS) is 35.0. The molecule has 2 saturated heterocycles. The van der Waals surface area contributed by atoms with Crippen molar-refractivity contribution in [2.24, 2.45) is 0 Å². The Hall–Kier alpha value is -1.28. The van der Waals surface area contributed by atoms with Gasteiger partial charge in [0.25, 0.3) is 0 Å². The van der Waals surface area contributed by atoms with E-state index < -0.39 is 12.1 Å². The zero-order chi connectivity index (χ0) is 16.7. The molecular formula is C17H25N3O4. The van der Waals surface area contributed by atoms with E-state index in [1.807, 2.05) is 24.7 Å². The summed E-state index contributed by atoms with van der Waals surface area (Å²) in [6.07, 6.45) is 8.03. The molecule has 0 saturated carbocycles. The van der Waals surface area contributed by atoms with Crippen molar-refractivity contribution in [2.45, 2.75) is 76.5 Å². The number of fused-ring (bicyclic) bond motifs is 1. The van der Waals surface area contributed by atoms with E-state index in [-0.39, 0.29) is 18.3 Å². The maximum atomic E-state index is 6.01. The topological polar surface area (TPSA) is 67.6 Å². The van der Waals surface area contributed by atoms with Crippen molar-refractivity contribution in [1.82, 2.24) is 15.0 Å². The number of allylic oxidation sites excluding steroid dienone is 2. The van der Waals surface area contributed by atoms with E-state index in [2.05, 4.69) is 16.4 Å². The van der Waals surface area contributed by atoms with Gasteiger partial charge in [-0.1, -0.05) is 11.3 Å². The molecule has 0 amide bonds. The van der Waals surface area contributed by atoms with Gasteiger partial charge in [-0.2, -0.15) is 0 Å². The number of ether oxygens (including phenoxy) is 4. The van der Waals surface area contributed by atoms with Crippen LogP contribution in [0.15, 0.2) is 12.3 Å². The number of hydrogen-bond donors (Lipinski definition) is 0. The van der Waals surface area contributed by atoms with E-state index in [0.717, 1.165) is 18.5 Å². The molecule has 1 aromatic rings. The fraction of sp³-hybridized carbons (Fsp3) is 0.765. The fourth-order valence-corrected chi connectivity index (χ4v) is 3.77. The summed E-state index contributed by atoms with van der Waals surface area (Å²) in [5, 5.41) is 8.59. The molecule has 132 valence electrons. The van der Waals surface area contributed by atoms with E-state index >= 15 is 0 Å². The summed E-state index contributed by atoms with van der Waals surface area (Å²) in [6.45, 7) is 4.40. The molecule has 2 fully saturated rings. The lowest BCUT2D eigenvalue weighted by atomic mass is 9.98. The summed E-state index contributed by atoms with van der Waals surface area (Å²) in [5.41, 5.74) is 2.27. The smallest absolute Gasteiger partial charge is 0.186 e. The first-order valence-electron chi connectivity index (χ1n) is 8.69. The van der Waals surface area contributed by atoms with Gasteiger partial charge in [0.15, 0.2) is 12.1 Å². The number of methoxy groups -OCH3 is 1. The highest BCUT2D eigenvalue weighted by Gasteiger charge is 2.55. The van der Waals surface area contributed by atoms with Crippen LogP contribution in [-0.4, -0.2) is 52.5 Å². The van der Waals surface area contributed by atoms with Crippen LogP contribution < -0.4 is 0 Å². The Morgan fingerprint density at radius 3 is 2.88 bits per heavy atom. The minimum Gasteiger partial charge on any atom is -0.353 e. The summed E-state index contributed by atoms with van der Waals surface area (Å²) in [4.78, 5) is 0. The van der Waals surface area contributed by atoms with Gasteiger partial charge < -0.3 is 18.9 Å². The number of aromatic nitrogens is 3. The van der Waals surface area contributed by atoms with Crippen LogP contribution in [-0.2, 0) is 25.5 Å². The van der Waals surface area contributed by atoms with Gasteiger partial charge in [0.2, 0.25) is 0 Å². The van der Waals surface area contributed by atoms with Crippen LogP contribution in [0.1, 0.15) is 45.2 Å². The minimum atomic E-state index is -0.616. The maximum Gasteiger partial charge on any atom is 0.186 e. The predicted octanol–water partition coefficient (Wildman–Crippen LogP) is 2.13. The molecule has 24 heavy (non-hydrogen) atoms. The number of hydrogen-bond acceptors (Lipinski definition) is 6. The molecule has 3 heterocycles. The van der Waals surface area contributed by atoms with Crippen LogP contribution in [0.4, 0.5) is 0 Å². The van der Waals surface area contributed by atoms with Gasteiger partial charge in [-0.25, -0.2) is 4.68 Å². The van der Waals surface area contributed by atoms with Crippen LogP contribution in [0.25, 0.3) is 5.57 Å². The summed E-state index contributed by atoms with van der Waals surface area (Å²) in [7, 11) is 1.63. The van der Waals surface area contributed by atoms with Crippen molar-refractivity contribution in [2.75, 3.05) is 7.11 Å². The first-order chi connectivity index (χ1) is 11.6. The maximum absolute atomic E-state index is 6.01. The van der Waals surface area contributed by atoms with Crippen LogP contribution >= 0.6 is 0 Å². The second-order valence-electron chi connectivity index (χ2n) is 7.14. The molecule has 4 rings (SSSR count). The van der Waals surface area contributed by atoms with Crippen LogP contribution in [0.3, 0.4) is 0 Å². The number of rotatable bonds is 4. The third-order valence-corrected chi connectivity index (χ3v) is 4.87. The molecule has 0 aromatic carbocycles. The molecule has 1 aliphatic carbocycles. The lowest BCUT2D eigenvalue weighted by molar-refractivity contribution is -0.228. The highest BCUT2D eigenvalue weighted by Crippen LogP contribution is 2.39. The van der Waals surface area contributed by atoms with Crippen molar-refractivity contribution >= 4 is 5.57 Å². The molecule has 3 aliphatic rings. The van der Waals surface area contributed by atoms with Gasteiger partial charge >= 0.3 is 0 Å². The molecule has 7 heteroatoms. The molecule has 7 nitrogen and oxygen atoms in total. The van der Waals surface area contributed by atoms with Crippen LogP contribution in [0.2, 0.25) is 0 Å². The Morgan fingerprint density at radius 2 is 2.12 bits per heavy atom. The Balaban J connectivity index is 1.47. The Labute approximate surface area is 141 Å². The van der Waals surface area contributed by atoms with E-state index in [4.69, 9.17) is 18.9 Å².